The van der Waals surface area contributed by atoms with Crippen LogP contribution in [0.5, 0.6) is 0 Å². The number of fused-ring (bicyclic) bond motifs is 10. The molecule has 0 saturated carbocycles. The normalized spacial score (nSPS) is 11.9. The topological polar surface area (TPSA) is 22.8 Å². The van der Waals surface area contributed by atoms with Gasteiger partial charge in [-0.15, -0.1) is 0 Å². The molecule has 10 aromatic rings. The molecule has 0 unspecified atom stereocenters. The average Bonchev–Trinajstić information content (AvgIpc) is 3.65. The number of hydrogen-bond acceptors (Lipinski definition) is 1. The first-order valence-corrected chi connectivity index (χ1v) is 15.7. The largest absolute Gasteiger partial charge is 0.309 e. The molecule has 10 rings (SSSR count). The molecule has 3 heterocycles. The van der Waals surface area contributed by atoms with Crippen LogP contribution in [0, 0.1) is 0 Å². The Kier molecular flexibility index (Phi) is 5.28. The van der Waals surface area contributed by atoms with Crippen LogP contribution >= 0.6 is 0 Å². The fourth-order valence-corrected chi connectivity index (χ4v) is 7.57. The van der Waals surface area contributed by atoms with Crippen LogP contribution in [-0.2, 0) is 0 Å². The van der Waals surface area contributed by atoms with Gasteiger partial charge in [-0.2, -0.15) is 0 Å². The second-order valence-corrected chi connectivity index (χ2v) is 12.0. The zero-order valence-electron chi connectivity index (χ0n) is 24.9. The smallest absolute Gasteiger partial charge is 0.0620 e. The molecule has 0 aliphatic heterocycles. The van der Waals surface area contributed by atoms with Crippen LogP contribution in [0.25, 0.3) is 87.7 Å². The zero-order chi connectivity index (χ0) is 30.2. The Hall–Kier alpha value is -6.19. The molecule has 214 valence electrons. The second-order valence-electron chi connectivity index (χ2n) is 12.0. The van der Waals surface area contributed by atoms with Gasteiger partial charge in [-0.3, -0.25) is 4.98 Å². The predicted molar refractivity (Wildman–Crippen MR) is 193 cm³/mol. The van der Waals surface area contributed by atoms with Crippen LogP contribution in [0.4, 0.5) is 0 Å². The minimum atomic E-state index is 1.14. The molecule has 3 heteroatoms. The number of benzene rings is 7. The van der Waals surface area contributed by atoms with Gasteiger partial charge in [0.15, 0.2) is 0 Å². The molecule has 0 atom stereocenters. The van der Waals surface area contributed by atoms with E-state index in [0.29, 0.717) is 0 Å². The van der Waals surface area contributed by atoms with E-state index in [2.05, 4.69) is 166 Å². The van der Waals surface area contributed by atoms with E-state index >= 15 is 0 Å². The Bertz CT molecular complexity index is 2780. The molecule has 0 fully saturated rings. The first-order chi connectivity index (χ1) is 22.8. The maximum Gasteiger partial charge on any atom is 0.0620 e. The summed E-state index contributed by atoms with van der Waals surface area (Å²) in [5.74, 6) is 0. The van der Waals surface area contributed by atoms with Crippen molar-refractivity contribution in [3.8, 4) is 22.5 Å². The summed E-state index contributed by atoms with van der Waals surface area (Å²) in [6.45, 7) is 0. The lowest BCUT2D eigenvalue weighted by atomic mass is 10.0. The standard InChI is InChI=1S/C43H27N3/c1-2-11-30(12-3-1)45-40-16-8-6-14-33(40)35-22-25-38-37(42(35)45)24-23-36-34-15-7-9-17-41(34)46(43(36)38)31-20-18-28(19-21-31)39-27-44-26-29-10-4-5-13-32(29)39/h1-27H. The monoisotopic (exact) mass is 585 g/mol. The van der Waals surface area contributed by atoms with Crippen molar-refractivity contribution in [2.45, 2.75) is 0 Å². The summed E-state index contributed by atoms with van der Waals surface area (Å²) in [7, 11) is 0. The van der Waals surface area contributed by atoms with Gasteiger partial charge >= 0.3 is 0 Å². The van der Waals surface area contributed by atoms with Gasteiger partial charge in [-0.05, 0) is 47.3 Å². The van der Waals surface area contributed by atoms with Gasteiger partial charge in [0.05, 0.1) is 22.1 Å². The van der Waals surface area contributed by atoms with Crippen molar-refractivity contribution in [3.05, 3.63) is 164 Å². The van der Waals surface area contributed by atoms with Crippen molar-refractivity contribution in [3.63, 3.8) is 0 Å². The molecule has 0 aliphatic rings. The molecule has 0 aliphatic carbocycles. The number of nitrogens with zero attached hydrogens (tertiary/aromatic N) is 3. The summed E-state index contributed by atoms with van der Waals surface area (Å²) < 4.78 is 4.87. The highest BCUT2D eigenvalue weighted by Crippen LogP contribution is 2.42. The van der Waals surface area contributed by atoms with E-state index in [1.807, 2.05) is 12.4 Å². The van der Waals surface area contributed by atoms with E-state index in [9.17, 15) is 0 Å². The van der Waals surface area contributed by atoms with Crippen molar-refractivity contribution in [2.24, 2.45) is 0 Å². The van der Waals surface area contributed by atoms with Gasteiger partial charge in [0, 0.05) is 67.0 Å². The van der Waals surface area contributed by atoms with Crippen LogP contribution in [0.3, 0.4) is 0 Å². The first kappa shape index (κ1) is 25.2. The van der Waals surface area contributed by atoms with Crippen LogP contribution < -0.4 is 0 Å². The lowest BCUT2D eigenvalue weighted by Gasteiger charge is -2.13. The Morgan fingerprint density at radius 1 is 0.348 bits per heavy atom. The molecular formula is C43H27N3. The van der Waals surface area contributed by atoms with Crippen molar-refractivity contribution >= 4 is 65.2 Å². The van der Waals surface area contributed by atoms with Crippen molar-refractivity contribution in [1.82, 2.24) is 14.1 Å². The molecule has 3 nitrogen and oxygen atoms in total. The van der Waals surface area contributed by atoms with E-state index in [1.54, 1.807) is 0 Å². The Morgan fingerprint density at radius 3 is 1.43 bits per heavy atom. The van der Waals surface area contributed by atoms with Crippen LogP contribution in [0.15, 0.2) is 164 Å². The third-order valence-electron chi connectivity index (χ3n) is 9.58. The highest BCUT2D eigenvalue weighted by molar-refractivity contribution is 6.26. The molecule has 0 N–H and O–H groups in total. The lowest BCUT2D eigenvalue weighted by molar-refractivity contribution is 1.18. The number of pyridine rings is 1. The maximum absolute atomic E-state index is 4.54. The minimum absolute atomic E-state index is 1.14. The summed E-state index contributed by atoms with van der Waals surface area (Å²) in [5.41, 5.74) is 9.50. The number of aromatic nitrogens is 3. The molecular weight excluding hydrogens is 558 g/mol. The molecule has 0 radical (unpaired) electrons. The molecule has 7 aromatic carbocycles. The van der Waals surface area contributed by atoms with Crippen LogP contribution in [0.2, 0.25) is 0 Å². The highest BCUT2D eigenvalue weighted by atomic mass is 15.0. The Balaban J connectivity index is 1.28. The highest BCUT2D eigenvalue weighted by Gasteiger charge is 2.19. The summed E-state index contributed by atoms with van der Waals surface area (Å²) >= 11 is 0. The average molecular weight is 586 g/mol. The molecule has 0 amide bonds. The quantitative estimate of drug-likeness (QED) is 0.202. The molecule has 46 heavy (non-hydrogen) atoms. The van der Waals surface area contributed by atoms with Gasteiger partial charge in [-0.25, -0.2) is 0 Å². The van der Waals surface area contributed by atoms with Gasteiger partial charge in [0.1, 0.15) is 0 Å². The van der Waals surface area contributed by atoms with E-state index in [0.717, 1.165) is 22.2 Å². The van der Waals surface area contributed by atoms with Gasteiger partial charge in [-0.1, -0.05) is 115 Å². The second kappa shape index (κ2) is 9.65. The number of rotatable bonds is 3. The summed E-state index contributed by atoms with van der Waals surface area (Å²) in [5, 5.41) is 9.89. The summed E-state index contributed by atoms with van der Waals surface area (Å²) in [4.78, 5) is 4.54. The summed E-state index contributed by atoms with van der Waals surface area (Å²) in [6.07, 6.45) is 3.91. The Labute approximate surface area is 265 Å². The first-order valence-electron chi connectivity index (χ1n) is 15.7. The van der Waals surface area contributed by atoms with E-state index in [4.69, 9.17) is 0 Å². The van der Waals surface area contributed by atoms with Crippen molar-refractivity contribution in [1.29, 1.82) is 0 Å². The lowest BCUT2D eigenvalue weighted by Crippen LogP contribution is -1.96. The third-order valence-corrected chi connectivity index (χ3v) is 9.58. The number of para-hydroxylation sites is 3. The van der Waals surface area contributed by atoms with Crippen LogP contribution in [-0.4, -0.2) is 14.1 Å². The molecule has 0 bridgehead atoms. The SMILES string of the molecule is c1ccc(-n2c3ccccc3c3ccc4c(ccc5c6ccccc6n(-c6ccc(-c7cncc8ccccc78)cc6)c54)c32)cc1. The van der Waals surface area contributed by atoms with Crippen molar-refractivity contribution < 1.29 is 0 Å². The van der Waals surface area contributed by atoms with E-state index in [-0.39, 0.29) is 0 Å². The van der Waals surface area contributed by atoms with Gasteiger partial charge in [0.25, 0.3) is 0 Å². The van der Waals surface area contributed by atoms with E-state index in [1.165, 1.54) is 65.5 Å². The number of hydrogen-bond donors (Lipinski definition) is 0. The maximum atomic E-state index is 4.54. The molecule has 3 aromatic heterocycles. The molecule has 0 spiro atoms. The van der Waals surface area contributed by atoms with Gasteiger partial charge in [0.2, 0.25) is 0 Å². The Morgan fingerprint density at radius 2 is 0.826 bits per heavy atom. The summed E-state index contributed by atoms with van der Waals surface area (Å²) in [6, 6.07) is 55.0. The predicted octanol–water partition coefficient (Wildman–Crippen LogP) is 11.2. The van der Waals surface area contributed by atoms with Crippen LogP contribution in [0.1, 0.15) is 0 Å². The fraction of sp³-hybridized carbons (Fsp3) is 0. The fourth-order valence-electron chi connectivity index (χ4n) is 7.57. The van der Waals surface area contributed by atoms with E-state index < -0.39 is 0 Å². The molecule has 0 saturated heterocycles. The third kappa shape index (κ3) is 3.51. The van der Waals surface area contributed by atoms with Crippen molar-refractivity contribution in [2.75, 3.05) is 0 Å². The minimum Gasteiger partial charge on any atom is -0.309 e. The van der Waals surface area contributed by atoms with Gasteiger partial charge < -0.3 is 9.13 Å². The zero-order valence-corrected chi connectivity index (χ0v) is 24.9.